The average molecular weight is 294 g/mol. The molecule has 0 fully saturated rings. The number of benzene rings is 1. The van der Waals surface area contributed by atoms with Crippen molar-refractivity contribution in [1.29, 1.82) is 0 Å². The van der Waals surface area contributed by atoms with E-state index < -0.39 is 0 Å². The van der Waals surface area contributed by atoms with Gasteiger partial charge < -0.3 is 10.6 Å². The number of anilines is 1. The van der Waals surface area contributed by atoms with Crippen LogP contribution in [0.15, 0.2) is 36.5 Å². The quantitative estimate of drug-likeness (QED) is 0.937. The van der Waals surface area contributed by atoms with E-state index in [0.29, 0.717) is 16.4 Å². The molecule has 0 aliphatic carbocycles. The highest BCUT2D eigenvalue weighted by Gasteiger charge is 2.18. The normalized spacial score (nSPS) is 12.2. The van der Waals surface area contributed by atoms with Gasteiger partial charge in [0.1, 0.15) is 11.6 Å². The molecule has 0 bridgehead atoms. The van der Waals surface area contributed by atoms with Gasteiger partial charge in [0.2, 0.25) is 0 Å². The molecule has 0 amide bonds. The van der Waals surface area contributed by atoms with Gasteiger partial charge in [-0.05, 0) is 24.6 Å². The largest absolute Gasteiger partial charge is 0.353 e. The fraction of sp³-hybridized carbons (Fsp3) is 0.267. The van der Waals surface area contributed by atoms with E-state index in [0.717, 1.165) is 5.56 Å². The predicted molar refractivity (Wildman–Crippen MR) is 80.4 cm³/mol. The summed E-state index contributed by atoms with van der Waals surface area (Å²) in [5.74, 6) is 0.286. The number of hydrogen-bond acceptors (Lipinski definition) is 3. The lowest BCUT2D eigenvalue weighted by molar-refractivity contribution is 0.615. The zero-order chi connectivity index (χ0) is 14.7. The summed E-state index contributed by atoms with van der Waals surface area (Å²) in [4.78, 5) is 6.10. The zero-order valence-corrected chi connectivity index (χ0v) is 12.2. The molecule has 0 aliphatic rings. The zero-order valence-electron chi connectivity index (χ0n) is 11.5. The van der Waals surface area contributed by atoms with Crippen molar-refractivity contribution in [3.63, 3.8) is 0 Å². The maximum absolute atomic E-state index is 13.2. The van der Waals surface area contributed by atoms with Gasteiger partial charge in [0, 0.05) is 24.2 Å². The first-order chi connectivity index (χ1) is 9.54. The summed E-state index contributed by atoms with van der Waals surface area (Å²) in [7, 11) is 1.90. The Labute approximate surface area is 123 Å². The Balaban J connectivity index is 2.36. The molecule has 1 unspecified atom stereocenters. The third-order valence-corrected chi connectivity index (χ3v) is 3.74. The fourth-order valence-electron chi connectivity index (χ4n) is 2.15. The highest BCUT2D eigenvalue weighted by Crippen LogP contribution is 2.30. The van der Waals surface area contributed by atoms with Gasteiger partial charge in [-0.25, -0.2) is 9.37 Å². The van der Waals surface area contributed by atoms with Gasteiger partial charge in [-0.2, -0.15) is 0 Å². The molecular formula is C15H17ClFN3. The summed E-state index contributed by atoms with van der Waals surface area (Å²) >= 11 is 6.22. The van der Waals surface area contributed by atoms with Gasteiger partial charge in [-0.15, -0.1) is 0 Å². The molecule has 2 rings (SSSR count). The van der Waals surface area contributed by atoms with Crippen LogP contribution in [0.25, 0.3) is 0 Å². The average Bonchev–Trinajstić information content (AvgIpc) is 2.46. The summed E-state index contributed by atoms with van der Waals surface area (Å²) in [5, 5.41) is 0.697. The fourth-order valence-corrected chi connectivity index (χ4v) is 2.44. The molecule has 0 aliphatic heterocycles. The third kappa shape index (κ3) is 2.92. The Hall–Kier alpha value is -1.65. The van der Waals surface area contributed by atoms with Crippen molar-refractivity contribution in [2.45, 2.75) is 19.5 Å². The maximum Gasteiger partial charge on any atom is 0.141 e. The Bertz CT molecular complexity index is 603. The summed E-state index contributed by atoms with van der Waals surface area (Å²) in [5.41, 5.74) is 7.33. The smallest absolute Gasteiger partial charge is 0.141 e. The van der Waals surface area contributed by atoms with E-state index in [4.69, 9.17) is 17.3 Å². The molecule has 0 saturated carbocycles. The molecule has 2 aromatic rings. The minimum atomic E-state index is -0.381. The summed E-state index contributed by atoms with van der Waals surface area (Å²) in [6, 6.07) is 9.07. The summed E-state index contributed by atoms with van der Waals surface area (Å²) in [6.45, 7) is 2.26. The van der Waals surface area contributed by atoms with Crippen LogP contribution < -0.4 is 10.6 Å². The molecule has 0 radical (unpaired) electrons. The second kappa shape index (κ2) is 6.20. The first kappa shape index (κ1) is 14.8. The molecular weight excluding hydrogens is 277 g/mol. The van der Waals surface area contributed by atoms with Crippen LogP contribution in [0.4, 0.5) is 10.2 Å². The first-order valence-corrected chi connectivity index (χ1v) is 6.74. The van der Waals surface area contributed by atoms with Gasteiger partial charge in [-0.3, -0.25) is 0 Å². The number of nitrogens with two attached hydrogens (primary N) is 1. The van der Waals surface area contributed by atoms with Crippen molar-refractivity contribution in [2.75, 3.05) is 11.9 Å². The van der Waals surface area contributed by atoms with Crippen LogP contribution >= 0.6 is 11.6 Å². The van der Waals surface area contributed by atoms with Crippen LogP contribution in [-0.4, -0.2) is 12.0 Å². The van der Waals surface area contributed by atoms with Gasteiger partial charge in [0.05, 0.1) is 12.2 Å². The van der Waals surface area contributed by atoms with Crippen LogP contribution in [0.3, 0.4) is 0 Å². The second-order valence-corrected chi connectivity index (χ2v) is 5.06. The number of aromatic nitrogens is 1. The Morgan fingerprint density at radius 3 is 2.75 bits per heavy atom. The third-order valence-electron chi connectivity index (χ3n) is 3.40. The van der Waals surface area contributed by atoms with Crippen molar-refractivity contribution in [3.05, 3.63) is 58.5 Å². The van der Waals surface area contributed by atoms with Gasteiger partial charge in [0.15, 0.2) is 0 Å². The van der Waals surface area contributed by atoms with E-state index >= 15 is 0 Å². The molecule has 1 aromatic carbocycles. The van der Waals surface area contributed by atoms with Crippen molar-refractivity contribution in [1.82, 2.24) is 4.98 Å². The Morgan fingerprint density at radius 1 is 1.40 bits per heavy atom. The standard InChI is InChI=1S/C15H17ClFN3/c1-10(13-5-3-4-6-14(13)16)20(2)15-11(8-18)7-12(17)9-19-15/h3-7,9-10H,8,18H2,1-2H3. The van der Waals surface area contributed by atoms with Crippen molar-refractivity contribution < 1.29 is 4.39 Å². The van der Waals surface area contributed by atoms with Crippen LogP contribution in [0.2, 0.25) is 5.02 Å². The molecule has 2 N–H and O–H groups in total. The minimum absolute atomic E-state index is 0.00645. The van der Waals surface area contributed by atoms with E-state index in [1.807, 2.05) is 43.1 Å². The number of halogens is 2. The van der Waals surface area contributed by atoms with Crippen molar-refractivity contribution in [3.8, 4) is 0 Å². The first-order valence-electron chi connectivity index (χ1n) is 6.36. The molecule has 106 valence electrons. The lowest BCUT2D eigenvalue weighted by Crippen LogP contribution is -2.25. The number of pyridine rings is 1. The minimum Gasteiger partial charge on any atom is -0.353 e. The highest BCUT2D eigenvalue weighted by molar-refractivity contribution is 6.31. The van der Waals surface area contributed by atoms with Crippen LogP contribution in [-0.2, 0) is 6.54 Å². The Morgan fingerprint density at radius 2 is 2.10 bits per heavy atom. The van der Waals surface area contributed by atoms with Crippen LogP contribution in [0, 0.1) is 5.82 Å². The SMILES string of the molecule is CC(c1ccccc1Cl)N(C)c1ncc(F)cc1CN. The van der Waals surface area contributed by atoms with E-state index in [1.54, 1.807) is 0 Å². The maximum atomic E-state index is 13.2. The number of rotatable bonds is 4. The van der Waals surface area contributed by atoms with Crippen LogP contribution in [0.5, 0.6) is 0 Å². The second-order valence-electron chi connectivity index (χ2n) is 4.65. The molecule has 0 spiro atoms. The van der Waals surface area contributed by atoms with E-state index in [9.17, 15) is 4.39 Å². The van der Waals surface area contributed by atoms with Gasteiger partial charge >= 0.3 is 0 Å². The molecule has 1 heterocycles. The molecule has 0 saturated heterocycles. The van der Waals surface area contributed by atoms with Crippen molar-refractivity contribution >= 4 is 17.4 Å². The highest BCUT2D eigenvalue weighted by atomic mass is 35.5. The van der Waals surface area contributed by atoms with E-state index in [2.05, 4.69) is 4.98 Å². The topological polar surface area (TPSA) is 42.2 Å². The van der Waals surface area contributed by atoms with Crippen LogP contribution in [0.1, 0.15) is 24.1 Å². The van der Waals surface area contributed by atoms with Crippen molar-refractivity contribution in [2.24, 2.45) is 5.73 Å². The molecule has 20 heavy (non-hydrogen) atoms. The van der Waals surface area contributed by atoms with E-state index in [-0.39, 0.29) is 18.4 Å². The summed E-state index contributed by atoms with van der Waals surface area (Å²) in [6.07, 6.45) is 1.20. The summed E-state index contributed by atoms with van der Waals surface area (Å²) < 4.78 is 13.2. The number of hydrogen-bond donors (Lipinski definition) is 1. The molecule has 5 heteroatoms. The van der Waals surface area contributed by atoms with Gasteiger partial charge in [0.25, 0.3) is 0 Å². The lowest BCUT2D eigenvalue weighted by Gasteiger charge is -2.28. The molecule has 3 nitrogen and oxygen atoms in total. The monoisotopic (exact) mass is 293 g/mol. The predicted octanol–water partition coefficient (Wildman–Crippen LogP) is 3.53. The lowest BCUT2D eigenvalue weighted by atomic mass is 10.1. The van der Waals surface area contributed by atoms with Gasteiger partial charge in [-0.1, -0.05) is 29.8 Å². The molecule has 1 aromatic heterocycles. The number of nitrogens with zero attached hydrogens (tertiary/aromatic N) is 2. The van der Waals surface area contributed by atoms with E-state index in [1.165, 1.54) is 12.3 Å². The molecule has 1 atom stereocenters. The Kier molecular flexibility index (Phi) is 4.57.